The number of nitrogens with one attached hydrogen (secondary N) is 1. The van der Waals surface area contributed by atoms with Gasteiger partial charge < -0.3 is 4.90 Å². The third-order valence-electron chi connectivity index (χ3n) is 6.80. The van der Waals surface area contributed by atoms with Crippen molar-refractivity contribution in [1.82, 2.24) is 24.4 Å². The zero-order valence-electron chi connectivity index (χ0n) is 20.0. The first-order valence-electron chi connectivity index (χ1n) is 11.8. The molecule has 3 aliphatic rings. The number of sulfonamides is 1. The second-order valence-electron chi connectivity index (χ2n) is 9.85. The number of hydrogen-bond acceptors (Lipinski definition) is 7. The lowest BCUT2D eigenvalue weighted by atomic mass is 9.91. The maximum atomic E-state index is 14.0. The van der Waals surface area contributed by atoms with Crippen molar-refractivity contribution < 1.29 is 21.6 Å². The largest absolute Gasteiger partial charge is 0.333 e. The van der Waals surface area contributed by atoms with E-state index in [1.807, 2.05) is 11.8 Å². The monoisotopic (exact) mass is 582 g/mol. The van der Waals surface area contributed by atoms with Crippen LogP contribution in [0.25, 0.3) is 5.57 Å². The minimum Gasteiger partial charge on any atom is -0.326 e. The van der Waals surface area contributed by atoms with E-state index >= 15 is 0 Å². The molecule has 14 heteroatoms. The summed E-state index contributed by atoms with van der Waals surface area (Å²) in [5, 5.41) is 6.21. The van der Waals surface area contributed by atoms with Crippen LogP contribution in [0.5, 0.6) is 0 Å². The molecule has 200 valence electrons. The zero-order chi connectivity index (χ0) is 26.8. The Kier molecular flexibility index (Phi) is 6.17. The van der Waals surface area contributed by atoms with Crippen LogP contribution in [0, 0.1) is 5.82 Å². The van der Waals surface area contributed by atoms with Gasteiger partial charge in [-0.05, 0) is 38.0 Å². The van der Waals surface area contributed by atoms with Gasteiger partial charge >= 0.3 is 6.55 Å². The molecule has 1 aliphatic carbocycles. The molecule has 0 unspecified atom stereocenters. The summed E-state index contributed by atoms with van der Waals surface area (Å²) >= 11 is 7.83. The Balaban J connectivity index is 1.54. The highest BCUT2D eigenvalue weighted by Gasteiger charge is 2.49. The van der Waals surface area contributed by atoms with Crippen molar-refractivity contribution in [2.45, 2.75) is 49.6 Å². The topological polar surface area (TPSA) is 92.5 Å². The van der Waals surface area contributed by atoms with E-state index in [-0.39, 0.29) is 23.7 Å². The van der Waals surface area contributed by atoms with Crippen molar-refractivity contribution in [3.63, 3.8) is 0 Å². The summed E-state index contributed by atoms with van der Waals surface area (Å²) in [7, 11) is -3.54. The summed E-state index contributed by atoms with van der Waals surface area (Å²) in [6, 6.07) is 4.58. The van der Waals surface area contributed by atoms with Gasteiger partial charge in [0.2, 0.25) is 10.0 Å². The minimum atomic E-state index is -3.54. The van der Waals surface area contributed by atoms with Gasteiger partial charge in [0, 0.05) is 52.6 Å². The fourth-order valence-electron chi connectivity index (χ4n) is 5.03. The van der Waals surface area contributed by atoms with E-state index in [0.717, 1.165) is 0 Å². The van der Waals surface area contributed by atoms with Crippen molar-refractivity contribution in [3.05, 3.63) is 74.8 Å². The van der Waals surface area contributed by atoms with Gasteiger partial charge in [0.1, 0.15) is 11.9 Å². The third kappa shape index (κ3) is 4.55. The molecule has 6 rings (SSSR count). The maximum absolute atomic E-state index is 14.0. The van der Waals surface area contributed by atoms with Crippen LogP contribution in [0.1, 0.15) is 55.0 Å². The van der Waals surface area contributed by atoms with Crippen molar-refractivity contribution >= 4 is 44.4 Å². The number of aromatic nitrogens is 3. The molecule has 1 saturated carbocycles. The molecule has 0 amide bonds. The Morgan fingerprint density at radius 1 is 1.26 bits per heavy atom. The van der Waals surface area contributed by atoms with Crippen molar-refractivity contribution in [2.24, 2.45) is 4.99 Å². The molecule has 1 saturated heterocycles. The summed E-state index contributed by atoms with van der Waals surface area (Å²) in [6.45, 7) is -0.793. The molecule has 3 aromatic rings. The van der Waals surface area contributed by atoms with Gasteiger partial charge in [-0.2, -0.15) is 13.9 Å². The Bertz CT molecular complexity index is 1570. The predicted molar refractivity (Wildman–Crippen MR) is 138 cm³/mol. The average molecular weight is 583 g/mol. The van der Waals surface area contributed by atoms with E-state index in [1.54, 1.807) is 11.6 Å². The van der Waals surface area contributed by atoms with Crippen LogP contribution < -0.4 is 4.72 Å². The molecule has 2 aromatic heterocycles. The van der Waals surface area contributed by atoms with Crippen LogP contribution >= 0.6 is 22.9 Å². The van der Waals surface area contributed by atoms with E-state index in [1.165, 1.54) is 41.8 Å². The highest BCUT2D eigenvalue weighted by atomic mass is 35.5. The van der Waals surface area contributed by atoms with Crippen LogP contribution in [0.3, 0.4) is 0 Å². The van der Waals surface area contributed by atoms with E-state index in [0.29, 0.717) is 45.2 Å². The molecule has 0 spiro atoms. The fourth-order valence-corrected chi connectivity index (χ4v) is 7.69. The van der Waals surface area contributed by atoms with Gasteiger partial charge in [-0.15, -0.1) is 11.3 Å². The SMILES string of the molecule is C[C@@]1(NS(=O)(=O)C2CC2)CC2=C(c3ccn(C(F)F)n3)[C@H](c3ccc(F)cc3Cl)N=C(c3nccs3)N2C1. The smallest absolute Gasteiger partial charge is 0.326 e. The third-order valence-corrected chi connectivity index (χ3v) is 10.0. The summed E-state index contributed by atoms with van der Waals surface area (Å²) in [4.78, 5) is 11.3. The lowest BCUT2D eigenvalue weighted by Gasteiger charge is -2.32. The molecule has 2 atom stereocenters. The lowest BCUT2D eigenvalue weighted by molar-refractivity contribution is 0.0564. The fraction of sp³-hybridized carbons (Fsp3) is 0.375. The summed E-state index contributed by atoms with van der Waals surface area (Å²) in [6.07, 6.45) is 4.29. The minimum absolute atomic E-state index is 0.118. The Hall–Kier alpha value is -2.74. The molecule has 38 heavy (non-hydrogen) atoms. The Morgan fingerprint density at radius 3 is 2.68 bits per heavy atom. The highest BCUT2D eigenvalue weighted by Crippen LogP contribution is 2.48. The molecule has 0 bridgehead atoms. The normalized spacial score (nSPS) is 23.8. The highest BCUT2D eigenvalue weighted by molar-refractivity contribution is 7.90. The van der Waals surface area contributed by atoms with Gasteiger partial charge in [-0.25, -0.2) is 27.2 Å². The molecular weight excluding hydrogens is 561 g/mol. The van der Waals surface area contributed by atoms with Crippen LogP contribution in [0.2, 0.25) is 5.02 Å². The number of halogens is 4. The van der Waals surface area contributed by atoms with Gasteiger partial charge in [0.15, 0.2) is 10.8 Å². The summed E-state index contributed by atoms with van der Waals surface area (Å²) < 4.78 is 70.2. The molecular formula is C24H22ClF3N6O2S2. The number of hydrogen-bond donors (Lipinski definition) is 1. The number of aliphatic imine (C=N–C) groups is 1. The first-order chi connectivity index (χ1) is 18.0. The molecule has 2 aliphatic heterocycles. The molecule has 8 nitrogen and oxygen atoms in total. The molecule has 1 aromatic carbocycles. The van der Waals surface area contributed by atoms with E-state index < -0.39 is 39.2 Å². The number of benzene rings is 1. The van der Waals surface area contributed by atoms with Crippen LogP contribution in [-0.4, -0.2) is 51.3 Å². The standard InChI is InChI=1S/C24H22ClF3N6O2S2/c1-24(32-38(35,36)14-3-4-14)11-18-19(17-6-8-34(31-17)23(27)28)20(15-5-2-13(26)10-16(15)25)30-21(33(18)12-24)22-29-7-9-37-22/h2,5-10,14,20,23,32H,3-4,11-12H2,1H3/t20-,24+/m0/s1. The molecule has 0 radical (unpaired) electrons. The van der Waals surface area contributed by atoms with Gasteiger partial charge in [0.25, 0.3) is 0 Å². The number of amidine groups is 1. The molecule has 2 fully saturated rings. The van der Waals surface area contributed by atoms with Gasteiger partial charge in [-0.3, -0.25) is 4.99 Å². The van der Waals surface area contributed by atoms with Crippen LogP contribution in [-0.2, 0) is 10.0 Å². The number of thiazole rings is 1. The number of rotatable bonds is 7. The number of fused-ring (bicyclic) bond motifs is 1. The molecule has 4 heterocycles. The Morgan fingerprint density at radius 2 is 2.05 bits per heavy atom. The maximum Gasteiger partial charge on any atom is 0.333 e. The van der Waals surface area contributed by atoms with Crippen molar-refractivity contribution in [3.8, 4) is 0 Å². The molecule has 1 N–H and O–H groups in total. The van der Waals surface area contributed by atoms with E-state index in [2.05, 4.69) is 14.8 Å². The van der Waals surface area contributed by atoms with E-state index in [9.17, 15) is 21.6 Å². The van der Waals surface area contributed by atoms with Crippen LogP contribution in [0.4, 0.5) is 13.2 Å². The number of alkyl halides is 2. The van der Waals surface area contributed by atoms with Gasteiger partial charge in [-0.1, -0.05) is 17.7 Å². The number of nitrogens with zero attached hydrogens (tertiary/aromatic N) is 5. The summed E-state index contributed by atoms with van der Waals surface area (Å²) in [5.74, 6) is -0.0359. The first-order valence-corrected chi connectivity index (χ1v) is 14.6. The van der Waals surface area contributed by atoms with E-state index in [4.69, 9.17) is 16.6 Å². The quantitative estimate of drug-likeness (QED) is 0.424. The lowest BCUT2D eigenvalue weighted by Crippen LogP contribution is -2.49. The summed E-state index contributed by atoms with van der Waals surface area (Å²) in [5.41, 5.74) is 0.950. The van der Waals surface area contributed by atoms with Crippen molar-refractivity contribution in [1.29, 1.82) is 0 Å². The van der Waals surface area contributed by atoms with Crippen LogP contribution in [0.15, 0.2) is 52.7 Å². The second-order valence-corrected chi connectivity index (χ2v) is 13.1. The Labute approximate surface area is 225 Å². The zero-order valence-corrected chi connectivity index (χ0v) is 22.4. The van der Waals surface area contributed by atoms with Crippen molar-refractivity contribution in [2.75, 3.05) is 6.54 Å². The average Bonchev–Trinajstić information content (AvgIpc) is 3.23. The second kappa shape index (κ2) is 9.18. The first kappa shape index (κ1) is 25.5. The predicted octanol–water partition coefficient (Wildman–Crippen LogP) is 4.99. The van der Waals surface area contributed by atoms with Gasteiger partial charge in [0.05, 0.1) is 16.5 Å².